The van der Waals surface area contributed by atoms with Gasteiger partial charge in [0.2, 0.25) is 5.13 Å². The van der Waals surface area contributed by atoms with Gasteiger partial charge in [0, 0.05) is 16.6 Å². The Morgan fingerprint density at radius 1 is 1.11 bits per heavy atom. The summed E-state index contributed by atoms with van der Waals surface area (Å²) in [7, 11) is 1.56. The van der Waals surface area contributed by atoms with E-state index in [0.29, 0.717) is 44.5 Å². The van der Waals surface area contributed by atoms with Crippen LogP contribution in [0.15, 0.2) is 76.1 Å². The maximum absolute atomic E-state index is 13.7. The number of allylic oxidation sites excluding steroid dienone is 7. The number of nitrogens with one attached hydrogen (secondary N) is 1. The Balaban J connectivity index is 1.82. The Bertz CT molecular complexity index is 1560. The van der Waals surface area contributed by atoms with Crippen LogP contribution in [-0.4, -0.2) is 48.0 Å². The molecule has 1 amide bonds. The number of carbonyl (C=O) groups is 1. The lowest BCUT2D eigenvalue weighted by Gasteiger charge is -2.39. The molecule has 0 bridgehead atoms. The van der Waals surface area contributed by atoms with Crippen LogP contribution in [0.5, 0.6) is 10.9 Å². The molecule has 0 aliphatic carbocycles. The predicted octanol–water partition coefficient (Wildman–Crippen LogP) is 8.95. The van der Waals surface area contributed by atoms with Gasteiger partial charge in [-0.05, 0) is 81.6 Å². The molecule has 2 aromatic rings. The highest BCUT2D eigenvalue weighted by Gasteiger charge is 2.35. The van der Waals surface area contributed by atoms with Gasteiger partial charge < -0.3 is 14.2 Å². The number of anilines is 1. The highest BCUT2D eigenvalue weighted by atomic mass is 35.5. The van der Waals surface area contributed by atoms with Crippen molar-refractivity contribution in [3.63, 3.8) is 0 Å². The number of hydrogen-bond acceptors (Lipinski definition) is 8. The van der Waals surface area contributed by atoms with Crippen LogP contribution in [0.4, 0.5) is 5.13 Å². The zero-order valence-corrected chi connectivity index (χ0v) is 29.4. The summed E-state index contributed by atoms with van der Waals surface area (Å²) in [6.45, 7) is 18.3. The summed E-state index contributed by atoms with van der Waals surface area (Å²) in [4.78, 5) is 17.8. The van der Waals surface area contributed by atoms with Crippen LogP contribution in [0.1, 0.15) is 73.8 Å². The standard InChI is InChI=1S/C35H45ClN4O4S/c1-10-22(5)24(7)16-28(29-17-31(36)37-18-30(29)42-9)27(13-4)32(41)38-33-39-40-34(45-33)44-19-25(23(6)11-2)14-15-26(12-3)35(8)20-43-21-35/h12-18H,10-11,19-21H2,1-9H3,(H,38,39,41)/b15-14-,24-22?,25-23?,26-12+,27-13+,28-16+. The van der Waals surface area contributed by atoms with E-state index < -0.39 is 0 Å². The van der Waals surface area contributed by atoms with Crippen molar-refractivity contribution in [1.82, 2.24) is 15.2 Å². The molecule has 1 aliphatic heterocycles. The van der Waals surface area contributed by atoms with Crippen molar-refractivity contribution in [3.8, 4) is 10.9 Å². The lowest BCUT2D eigenvalue weighted by Crippen LogP contribution is -2.40. The Morgan fingerprint density at radius 3 is 2.40 bits per heavy atom. The van der Waals surface area contributed by atoms with Crippen LogP contribution in [0.3, 0.4) is 0 Å². The SMILES string of the molecule is C/C=C(C(=O)Nc1nnc(OCC(/C=C\C(=C/C)C2(C)COC2)=C(C)CC)s1)\C(=C/C(C)=C(C)CC)c1cc(Cl)ncc1OC. The lowest BCUT2D eigenvalue weighted by molar-refractivity contribution is -0.112. The molecular formula is C35H45ClN4O4S. The summed E-state index contributed by atoms with van der Waals surface area (Å²) in [5.74, 6) is 0.157. The number of carbonyl (C=O) groups excluding carboxylic acids is 1. The molecule has 0 unspecified atom stereocenters. The molecule has 0 aromatic carbocycles. The third kappa shape index (κ3) is 9.25. The number of nitrogens with zero attached hydrogens (tertiary/aromatic N) is 3. The fraction of sp³-hybridized carbons (Fsp3) is 0.429. The molecule has 242 valence electrons. The van der Waals surface area contributed by atoms with E-state index in [1.54, 1.807) is 25.4 Å². The van der Waals surface area contributed by atoms with Crippen LogP contribution >= 0.6 is 22.9 Å². The molecular weight excluding hydrogens is 608 g/mol. The number of aromatic nitrogens is 3. The molecule has 0 saturated carbocycles. The number of methoxy groups -OCH3 is 1. The number of hydrogen-bond donors (Lipinski definition) is 1. The Kier molecular flexibility index (Phi) is 13.3. The number of amides is 1. The molecule has 10 heteroatoms. The summed E-state index contributed by atoms with van der Waals surface area (Å²) in [5.41, 5.74) is 7.56. The van der Waals surface area contributed by atoms with Crippen LogP contribution < -0.4 is 14.8 Å². The second-order valence-corrected chi connectivity index (χ2v) is 12.5. The largest absolute Gasteiger partial charge is 0.494 e. The van der Waals surface area contributed by atoms with Crippen molar-refractivity contribution in [2.75, 3.05) is 32.2 Å². The molecule has 8 nitrogen and oxygen atoms in total. The van der Waals surface area contributed by atoms with Gasteiger partial charge in [-0.2, -0.15) is 0 Å². The van der Waals surface area contributed by atoms with Gasteiger partial charge in [-0.1, -0.05) is 84.6 Å². The summed E-state index contributed by atoms with van der Waals surface area (Å²) in [6, 6.07) is 1.70. The van der Waals surface area contributed by atoms with Crippen molar-refractivity contribution >= 4 is 39.5 Å². The van der Waals surface area contributed by atoms with Gasteiger partial charge in [0.25, 0.3) is 11.1 Å². The zero-order valence-electron chi connectivity index (χ0n) is 27.8. The highest BCUT2D eigenvalue weighted by molar-refractivity contribution is 7.17. The number of pyridine rings is 1. The Morgan fingerprint density at radius 2 is 1.82 bits per heavy atom. The molecule has 45 heavy (non-hydrogen) atoms. The van der Waals surface area contributed by atoms with Crippen molar-refractivity contribution < 1.29 is 19.0 Å². The van der Waals surface area contributed by atoms with Crippen LogP contribution in [0, 0.1) is 5.41 Å². The van der Waals surface area contributed by atoms with E-state index in [1.807, 2.05) is 19.9 Å². The summed E-state index contributed by atoms with van der Waals surface area (Å²) >= 11 is 7.46. The van der Waals surface area contributed by atoms with Crippen LogP contribution in [0.2, 0.25) is 5.15 Å². The first-order valence-electron chi connectivity index (χ1n) is 15.1. The quantitative estimate of drug-likeness (QED) is 0.124. The maximum atomic E-state index is 13.7. The van der Waals surface area contributed by atoms with Crippen molar-refractivity contribution in [3.05, 3.63) is 86.8 Å². The van der Waals surface area contributed by atoms with E-state index in [4.69, 9.17) is 25.8 Å². The zero-order chi connectivity index (χ0) is 33.1. The molecule has 1 saturated heterocycles. The van der Waals surface area contributed by atoms with Gasteiger partial charge in [-0.25, -0.2) is 4.98 Å². The third-order valence-corrected chi connectivity index (χ3v) is 9.06. The maximum Gasteiger partial charge on any atom is 0.296 e. The molecule has 1 aliphatic rings. The molecule has 1 N–H and O–H groups in total. The van der Waals surface area contributed by atoms with Gasteiger partial charge in [-0.15, -0.1) is 5.10 Å². The summed E-state index contributed by atoms with van der Waals surface area (Å²) < 4.78 is 17.1. The molecule has 0 atom stereocenters. The average molecular weight is 653 g/mol. The smallest absolute Gasteiger partial charge is 0.296 e. The van der Waals surface area contributed by atoms with Gasteiger partial charge >= 0.3 is 0 Å². The van der Waals surface area contributed by atoms with E-state index in [0.717, 1.165) is 37.2 Å². The molecule has 3 heterocycles. The molecule has 0 radical (unpaired) electrons. The van der Waals surface area contributed by atoms with Gasteiger partial charge in [0.1, 0.15) is 17.5 Å². The van der Waals surface area contributed by atoms with Crippen LogP contribution in [0.25, 0.3) is 5.57 Å². The fourth-order valence-corrected chi connectivity index (χ4v) is 5.44. The monoisotopic (exact) mass is 652 g/mol. The lowest BCUT2D eigenvalue weighted by atomic mass is 9.79. The minimum absolute atomic E-state index is 0.0448. The van der Waals surface area contributed by atoms with Gasteiger partial charge in [0.05, 0.1) is 26.5 Å². The fourth-order valence-electron chi connectivity index (χ4n) is 4.69. The molecule has 3 rings (SSSR count). The van der Waals surface area contributed by atoms with Crippen molar-refractivity contribution in [2.24, 2.45) is 5.41 Å². The number of halogens is 1. The van der Waals surface area contributed by atoms with Crippen molar-refractivity contribution in [1.29, 1.82) is 0 Å². The van der Waals surface area contributed by atoms with Crippen LogP contribution in [-0.2, 0) is 9.53 Å². The first kappa shape index (κ1) is 35.9. The second-order valence-electron chi connectivity index (χ2n) is 11.2. The molecule has 0 spiro atoms. The minimum Gasteiger partial charge on any atom is -0.494 e. The number of ether oxygens (including phenoxy) is 3. The summed E-state index contributed by atoms with van der Waals surface area (Å²) in [6.07, 6.45) is 13.5. The normalized spacial score (nSPS) is 16.6. The van der Waals surface area contributed by atoms with E-state index >= 15 is 0 Å². The van der Waals surface area contributed by atoms with E-state index in [1.165, 1.54) is 28.1 Å². The Labute approximate surface area is 276 Å². The number of rotatable bonds is 14. The molecule has 2 aromatic heterocycles. The predicted molar refractivity (Wildman–Crippen MR) is 185 cm³/mol. The van der Waals surface area contributed by atoms with E-state index in [-0.39, 0.29) is 11.3 Å². The van der Waals surface area contributed by atoms with E-state index in [9.17, 15) is 4.79 Å². The summed E-state index contributed by atoms with van der Waals surface area (Å²) in [5, 5.41) is 12.2. The Hall–Kier alpha value is -3.53. The topological polar surface area (TPSA) is 95.5 Å². The first-order valence-corrected chi connectivity index (χ1v) is 16.3. The second kappa shape index (κ2) is 16.7. The third-order valence-electron chi connectivity index (χ3n) is 8.10. The van der Waals surface area contributed by atoms with Gasteiger partial charge in [0.15, 0.2) is 0 Å². The molecule has 1 fully saturated rings. The van der Waals surface area contributed by atoms with Gasteiger partial charge in [-0.3, -0.25) is 10.1 Å². The van der Waals surface area contributed by atoms with E-state index in [2.05, 4.69) is 80.3 Å². The first-order chi connectivity index (χ1) is 21.5. The average Bonchev–Trinajstić information content (AvgIpc) is 3.47. The highest BCUT2D eigenvalue weighted by Crippen LogP contribution is 2.37. The van der Waals surface area contributed by atoms with Crippen molar-refractivity contribution in [2.45, 2.75) is 68.2 Å². The minimum atomic E-state index is -0.346.